The number of hydrogen-bond acceptors (Lipinski definition) is 5. The Morgan fingerprint density at radius 3 is 2.71 bits per heavy atom. The van der Waals surface area contributed by atoms with Crippen LogP contribution in [-0.2, 0) is 24.3 Å². The molecule has 1 amide bonds. The fourth-order valence-corrected chi connectivity index (χ4v) is 5.20. The van der Waals surface area contributed by atoms with Gasteiger partial charge in [0.15, 0.2) is 0 Å². The molecule has 0 bridgehead atoms. The van der Waals surface area contributed by atoms with Crippen LogP contribution in [0.1, 0.15) is 39.0 Å². The van der Waals surface area contributed by atoms with E-state index in [1.807, 2.05) is 0 Å². The molecule has 8 heteroatoms. The standard InChI is InChI=1S/C20H30N2O5S/c1-16-4-2-11-22(14-16)28(24,25)19-8-6-17(7-9-19)21-20(23)10-13-26-15-18-5-3-12-27-18/h6-9,16,18H,2-5,10-15H2,1H3,(H,21,23). The number of piperidine rings is 1. The molecule has 2 aliphatic heterocycles. The highest BCUT2D eigenvalue weighted by Crippen LogP contribution is 2.24. The van der Waals surface area contributed by atoms with E-state index in [0.29, 0.717) is 37.9 Å². The lowest BCUT2D eigenvalue weighted by Gasteiger charge is -2.30. The van der Waals surface area contributed by atoms with Crippen LogP contribution in [-0.4, -0.2) is 57.6 Å². The van der Waals surface area contributed by atoms with Crippen LogP contribution in [0.15, 0.2) is 29.2 Å². The first-order valence-corrected chi connectivity index (χ1v) is 11.5. The van der Waals surface area contributed by atoms with Crippen molar-refractivity contribution < 1.29 is 22.7 Å². The molecule has 2 saturated heterocycles. The van der Waals surface area contributed by atoms with Gasteiger partial charge in [-0.1, -0.05) is 6.92 Å². The van der Waals surface area contributed by atoms with Gasteiger partial charge in [0, 0.05) is 25.4 Å². The van der Waals surface area contributed by atoms with Gasteiger partial charge in [-0.3, -0.25) is 4.79 Å². The molecule has 156 valence electrons. The van der Waals surface area contributed by atoms with Gasteiger partial charge in [0.1, 0.15) is 0 Å². The van der Waals surface area contributed by atoms with Crippen LogP contribution < -0.4 is 5.32 Å². The van der Waals surface area contributed by atoms with E-state index in [0.717, 1.165) is 32.3 Å². The van der Waals surface area contributed by atoms with E-state index < -0.39 is 10.0 Å². The summed E-state index contributed by atoms with van der Waals surface area (Å²) in [7, 11) is -3.48. The fourth-order valence-electron chi connectivity index (χ4n) is 3.60. The second-order valence-corrected chi connectivity index (χ2v) is 9.58. The zero-order valence-electron chi connectivity index (χ0n) is 16.4. The fraction of sp³-hybridized carbons (Fsp3) is 0.650. The van der Waals surface area contributed by atoms with Crippen LogP contribution in [0.5, 0.6) is 0 Å². The molecule has 1 N–H and O–H groups in total. The number of benzene rings is 1. The summed E-state index contributed by atoms with van der Waals surface area (Å²) in [5.41, 5.74) is 0.579. The summed E-state index contributed by atoms with van der Waals surface area (Å²) < 4.78 is 38.0. The quantitative estimate of drug-likeness (QED) is 0.666. The molecular formula is C20H30N2O5S. The molecule has 1 aromatic rings. The van der Waals surface area contributed by atoms with Gasteiger partial charge < -0.3 is 14.8 Å². The maximum absolute atomic E-state index is 12.8. The Morgan fingerprint density at radius 2 is 2.04 bits per heavy atom. The monoisotopic (exact) mass is 410 g/mol. The summed E-state index contributed by atoms with van der Waals surface area (Å²) in [4.78, 5) is 12.3. The summed E-state index contributed by atoms with van der Waals surface area (Å²) in [5, 5.41) is 2.78. The molecule has 0 aromatic heterocycles. The molecule has 0 saturated carbocycles. The number of nitrogens with one attached hydrogen (secondary N) is 1. The number of sulfonamides is 1. The summed E-state index contributed by atoms with van der Waals surface area (Å²) in [6.45, 7) is 4.85. The highest BCUT2D eigenvalue weighted by Gasteiger charge is 2.28. The predicted octanol–water partition coefficient (Wildman–Crippen LogP) is 2.63. The lowest BCUT2D eigenvalue weighted by Crippen LogP contribution is -2.39. The molecule has 7 nitrogen and oxygen atoms in total. The Hall–Kier alpha value is -1.48. The number of anilines is 1. The molecule has 2 atom stereocenters. The molecule has 0 radical (unpaired) electrons. The van der Waals surface area contributed by atoms with E-state index in [1.54, 1.807) is 28.6 Å². The number of carbonyl (C=O) groups excluding carboxylic acids is 1. The van der Waals surface area contributed by atoms with Crippen LogP contribution >= 0.6 is 0 Å². The number of hydrogen-bond donors (Lipinski definition) is 1. The molecule has 2 unspecified atom stereocenters. The van der Waals surface area contributed by atoms with Crippen molar-refractivity contribution >= 4 is 21.6 Å². The number of nitrogens with zero attached hydrogens (tertiary/aromatic N) is 1. The Morgan fingerprint density at radius 1 is 1.25 bits per heavy atom. The van der Waals surface area contributed by atoms with Crippen molar-refractivity contribution in [2.24, 2.45) is 5.92 Å². The minimum atomic E-state index is -3.48. The smallest absolute Gasteiger partial charge is 0.243 e. The average Bonchev–Trinajstić information content (AvgIpc) is 3.19. The molecule has 0 spiro atoms. The topological polar surface area (TPSA) is 84.9 Å². The Balaban J connectivity index is 1.46. The van der Waals surface area contributed by atoms with Gasteiger partial charge >= 0.3 is 0 Å². The number of amides is 1. The molecule has 28 heavy (non-hydrogen) atoms. The second kappa shape index (κ2) is 9.82. The zero-order chi connectivity index (χ0) is 20.0. The van der Waals surface area contributed by atoms with Gasteiger partial charge in [-0.25, -0.2) is 8.42 Å². The molecule has 1 aromatic carbocycles. The first-order chi connectivity index (χ1) is 13.4. The first kappa shape index (κ1) is 21.2. The Bertz CT molecular complexity index is 744. The maximum Gasteiger partial charge on any atom is 0.243 e. The Labute approximate surface area is 167 Å². The molecule has 0 aliphatic carbocycles. The summed E-state index contributed by atoms with van der Waals surface area (Å²) in [6.07, 6.45) is 4.44. The third-order valence-corrected chi connectivity index (χ3v) is 7.08. The van der Waals surface area contributed by atoms with Gasteiger partial charge in [0.05, 0.1) is 30.6 Å². The highest BCUT2D eigenvalue weighted by molar-refractivity contribution is 7.89. The van der Waals surface area contributed by atoms with Gasteiger partial charge in [0.2, 0.25) is 15.9 Å². The van der Waals surface area contributed by atoms with E-state index in [4.69, 9.17) is 9.47 Å². The summed E-state index contributed by atoms with van der Waals surface area (Å²) >= 11 is 0. The van der Waals surface area contributed by atoms with Crippen LogP contribution in [0.25, 0.3) is 0 Å². The van der Waals surface area contributed by atoms with Crippen molar-refractivity contribution in [1.82, 2.24) is 4.31 Å². The first-order valence-electron chi connectivity index (χ1n) is 10.0. The molecule has 2 heterocycles. The molecular weight excluding hydrogens is 380 g/mol. The van der Waals surface area contributed by atoms with Crippen molar-refractivity contribution in [2.75, 3.05) is 38.2 Å². The second-order valence-electron chi connectivity index (χ2n) is 7.64. The van der Waals surface area contributed by atoms with E-state index in [-0.39, 0.29) is 23.3 Å². The van der Waals surface area contributed by atoms with E-state index in [9.17, 15) is 13.2 Å². The third-order valence-electron chi connectivity index (χ3n) is 5.20. The van der Waals surface area contributed by atoms with Crippen molar-refractivity contribution in [2.45, 2.75) is 50.0 Å². The van der Waals surface area contributed by atoms with Crippen LogP contribution in [0.3, 0.4) is 0 Å². The van der Waals surface area contributed by atoms with Gasteiger partial charge in [-0.15, -0.1) is 0 Å². The van der Waals surface area contributed by atoms with Crippen LogP contribution in [0, 0.1) is 5.92 Å². The van der Waals surface area contributed by atoms with Crippen molar-refractivity contribution in [3.63, 3.8) is 0 Å². The van der Waals surface area contributed by atoms with Gasteiger partial charge in [-0.2, -0.15) is 4.31 Å². The van der Waals surface area contributed by atoms with Gasteiger partial charge in [-0.05, 0) is 55.9 Å². The zero-order valence-corrected chi connectivity index (χ0v) is 17.2. The summed E-state index contributed by atoms with van der Waals surface area (Å²) in [5.74, 6) is 0.220. The molecule has 3 rings (SSSR count). The van der Waals surface area contributed by atoms with E-state index >= 15 is 0 Å². The maximum atomic E-state index is 12.8. The number of rotatable bonds is 8. The third kappa shape index (κ3) is 5.76. The average molecular weight is 411 g/mol. The van der Waals surface area contributed by atoms with E-state index in [1.165, 1.54) is 0 Å². The molecule has 2 aliphatic rings. The SMILES string of the molecule is CC1CCCN(S(=O)(=O)c2ccc(NC(=O)CCOCC3CCCO3)cc2)C1. The van der Waals surface area contributed by atoms with Crippen molar-refractivity contribution in [3.05, 3.63) is 24.3 Å². The lowest BCUT2D eigenvalue weighted by molar-refractivity contribution is -0.117. The van der Waals surface area contributed by atoms with Crippen LogP contribution in [0.4, 0.5) is 5.69 Å². The summed E-state index contributed by atoms with van der Waals surface area (Å²) in [6, 6.07) is 6.37. The Kier molecular flexibility index (Phi) is 7.45. The predicted molar refractivity (Wildman–Crippen MR) is 107 cm³/mol. The van der Waals surface area contributed by atoms with Crippen LogP contribution in [0.2, 0.25) is 0 Å². The minimum absolute atomic E-state index is 0.153. The lowest BCUT2D eigenvalue weighted by atomic mass is 10.0. The van der Waals surface area contributed by atoms with Gasteiger partial charge in [0.25, 0.3) is 0 Å². The van der Waals surface area contributed by atoms with E-state index in [2.05, 4.69) is 12.2 Å². The molecule has 2 fully saturated rings. The number of ether oxygens (including phenoxy) is 2. The number of carbonyl (C=O) groups is 1. The van der Waals surface area contributed by atoms with Crippen molar-refractivity contribution in [3.8, 4) is 0 Å². The normalized spacial score (nSPS) is 23.6. The minimum Gasteiger partial charge on any atom is -0.378 e. The largest absolute Gasteiger partial charge is 0.378 e. The van der Waals surface area contributed by atoms with Crippen molar-refractivity contribution in [1.29, 1.82) is 0 Å². The highest BCUT2D eigenvalue weighted by atomic mass is 32.2.